The molecule has 80 valence electrons. The molecule has 0 saturated carbocycles. The molecule has 1 atom stereocenters. The van der Waals surface area contributed by atoms with Gasteiger partial charge >= 0.3 is 0 Å². The van der Waals surface area contributed by atoms with Gasteiger partial charge in [0.15, 0.2) is 11.3 Å². The Morgan fingerprint density at radius 3 is 2.88 bits per heavy atom. The van der Waals surface area contributed by atoms with Crippen LogP contribution < -0.4 is 0 Å². The van der Waals surface area contributed by atoms with E-state index in [1.165, 1.54) is 0 Å². The number of aliphatic hydroxyl groups is 1. The zero-order valence-electron chi connectivity index (χ0n) is 8.58. The first kappa shape index (κ1) is 9.23. The van der Waals surface area contributed by atoms with Gasteiger partial charge in [-0.3, -0.25) is 0 Å². The normalized spacial score (nSPS) is 13.4. The Hall–Kier alpha value is -2.01. The van der Waals surface area contributed by atoms with Crippen molar-refractivity contribution in [1.29, 1.82) is 0 Å². The van der Waals surface area contributed by atoms with Crippen molar-refractivity contribution < 1.29 is 9.52 Å². The Bertz CT molecular complexity index is 618. The van der Waals surface area contributed by atoms with Gasteiger partial charge in [0.1, 0.15) is 11.2 Å². The van der Waals surface area contributed by atoms with E-state index in [9.17, 15) is 5.11 Å². The monoisotopic (exact) mass is 215 g/mol. The summed E-state index contributed by atoms with van der Waals surface area (Å²) in [6.07, 6.45) is -0.711. The molecule has 1 N–H and O–H groups in total. The second kappa shape index (κ2) is 3.24. The maximum atomic E-state index is 9.49. The molecule has 0 aromatic heterocycles. The van der Waals surface area contributed by atoms with Gasteiger partial charge in [0.25, 0.3) is 0 Å². The fourth-order valence-electron chi connectivity index (χ4n) is 1.61. The lowest BCUT2D eigenvalue weighted by atomic mass is 10.2. The standard InChI is InChI=1S/C11H9N3O2/c1-6(15)9-10-11(14-13-9)12-7-4-2-3-5-8(7)16-10/h2-6,15H,1H3. The van der Waals surface area contributed by atoms with E-state index < -0.39 is 6.10 Å². The summed E-state index contributed by atoms with van der Waals surface area (Å²) in [5.41, 5.74) is 1.81. The zero-order valence-corrected chi connectivity index (χ0v) is 8.58. The Morgan fingerprint density at radius 1 is 1.25 bits per heavy atom. The summed E-state index contributed by atoms with van der Waals surface area (Å²) in [6, 6.07) is 7.41. The van der Waals surface area contributed by atoms with Crippen molar-refractivity contribution >= 4 is 11.1 Å². The van der Waals surface area contributed by atoms with Crippen molar-refractivity contribution in [2.45, 2.75) is 13.0 Å². The highest BCUT2D eigenvalue weighted by atomic mass is 16.3. The largest absolute Gasteiger partial charge is 0.449 e. The van der Waals surface area contributed by atoms with Gasteiger partial charge in [0.2, 0.25) is 5.82 Å². The second-order valence-electron chi connectivity index (χ2n) is 3.60. The predicted octanol–water partition coefficient (Wildman–Crippen LogP) is 1.78. The number of benzene rings is 1. The van der Waals surface area contributed by atoms with Gasteiger partial charge in [0.05, 0.1) is 6.10 Å². The van der Waals surface area contributed by atoms with Crippen LogP contribution in [0.1, 0.15) is 18.7 Å². The number of para-hydroxylation sites is 2. The maximum Gasteiger partial charge on any atom is 0.220 e. The van der Waals surface area contributed by atoms with Crippen LogP contribution in [0.2, 0.25) is 0 Å². The van der Waals surface area contributed by atoms with Gasteiger partial charge in [-0.15, -0.1) is 10.2 Å². The van der Waals surface area contributed by atoms with E-state index >= 15 is 0 Å². The van der Waals surface area contributed by atoms with Crippen LogP contribution in [0, 0.1) is 0 Å². The van der Waals surface area contributed by atoms with E-state index in [1.54, 1.807) is 6.92 Å². The highest BCUT2D eigenvalue weighted by molar-refractivity contribution is 5.75. The molecular weight excluding hydrogens is 206 g/mol. The lowest BCUT2D eigenvalue weighted by Gasteiger charge is -2.03. The number of hydrogen-bond acceptors (Lipinski definition) is 5. The van der Waals surface area contributed by atoms with E-state index in [1.807, 2.05) is 24.3 Å². The summed E-state index contributed by atoms with van der Waals surface area (Å²) in [4.78, 5) is 4.30. The minimum absolute atomic E-state index is 0.424. The van der Waals surface area contributed by atoms with Crippen LogP contribution in [0.5, 0.6) is 0 Å². The number of hydrogen-bond donors (Lipinski definition) is 1. The van der Waals surface area contributed by atoms with Gasteiger partial charge in [-0.05, 0) is 19.1 Å². The SMILES string of the molecule is CC(O)c1nnc2nc3ccccc3oc1-2. The first-order chi connectivity index (χ1) is 7.75. The quantitative estimate of drug-likeness (QED) is 0.669. The molecule has 0 amide bonds. The van der Waals surface area contributed by atoms with Crippen LogP contribution in [-0.4, -0.2) is 20.3 Å². The van der Waals surface area contributed by atoms with Crippen molar-refractivity contribution in [2.24, 2.45) is 0 Å². The number of aliphatic hydroxyl groups excluding tert-OH is 1. The van der Waals surface area contributed by atoms with Gasteiger partial charge < -0.3 is 9.52 Å². The molecule has 5 nitrogen and oxygen atoms in total. The average Bonchev–Trinajstić information content (AvgIpc) is 2.68. The summed E-state index contributed by atoms with van der Waals surface area (Å²) >= 11 is 0. The molecule has 1 aromatic rings. The summed E-state index contributed by atoms with van der Waals surface area (Å²) in [7, 11) is 0. The Morgan fingerprint density at radius 2 is 2.06 bits per heavy atom. The van der Waals surface area contributed by atoms with Gasteiger partial charge in [-0.2, -0.15) is 0 Å². The molecule has 2 aliphatic rings. The minimum Gasteiger partial charge on any atom is -0.449 e. The highest BCUT2D eigenvalue weighted by Gasteiger charge is 2.21. The van der Waals surface area contributed by atoms with Crippen LogP contribution in [0.15, 0.2) is 28.7 Å². The van der Waals surface area contributed by atoms with E-state index in [2.05, 4.69) is 15.2 Å². The first-order valence-electron chi connectivity index (χ1n) is 4.95. The fraction of sp³-hybridized carbons (Fsp3) is 0.182. The third-order valence-electron chi connectivity index (χ3n) is 2.39. The van der Waals surface area contributed by atoms with Crippen molar-refractivity contribution in [3.63, 3.8) is 0 Å². The molecular formula is C11H9N3O2. The Balaban J connectivity index is 2.36. The summed E-state index contributed by atoms with van der Waals surface area (Å²) in [5.74, 6) is 0.878. The molecule has 2 heterocycles. The Kier molecular flexibility index (Phi) is 1.87. The zero-order chi connectivity index (χ0) is 11.1. The molecule has 16 heavy (non-hydrogen) atoms. The molecule has 5 heteroatoms. The topological polar surface area (TPSA) is 72.0 Å². The van der Waals surface area contributed by atoms with Crippen LogP contribution >= 0.6 is 0 Å². The molecule has 0 spiro atoms. The van der Waals surface area contributed by atoms with Crippen LogP contribution in [0.25, 0.3) is 22.7 Å². The van der Waals surface area contributed by atoms with Crippen molar-refractivity contribution in [3.05, 3.63) is 30.0 Å². The molecule has 1 aromatic carbocycles. The smallest absolute Gasteiger partial charge is 0.220 e. The van der Waals surface area contributed by atoms with Crippen molar-refractivity contribution in [1.82, 2.24) is 15.2 Å². The van der Waals surface area contributed by atoms with Crippen LogP contribution in [0.3, 0.4) is 0 Å². The molecule has 1 unspecified atom stereocenters. The average molecular weight is 215 g/mol. The van der Waals surface area contributed by atoms with E-state index in [0.29, 0.717) is 22.9 Å². The van der Waals surface area contributed by atoms with E-state index in [4.69, 9.17) is 4.42 Å². The summed E-state index contributed by atoms with van der Waals surface area (Å²) in [6.45, 7) is 1.62. The number of fused-ring (bicyclic) bond motifs is 2. The molecule has 0 radical (unpaired) electrons. The second-order valence-corrected chi connectivity index (χ2v) is 3.60. The molecule has 0 saturated heterocycles. The lowest BCUT2D eigenvalue weighted by molar-refractivity contribution is 0.193. The first-order valence-corrected chi connectivity index (χ1v) is 4.95. The number of aromatic nitrogens is 3. The van der Waals surface area contributed by atoms with Crippen molar-refractivity contribution in [3.8, 4) is 11.6 Å². The third-order valence-corrected chi connectivity index (χ3v) is 2.39. The predicted molar refractivity (Wildman–Crippen MR) is 56.9 cm³/mol. The van der Waals surface area contributed by atoms with Gasteiger partial charge in [-0.25, -0.2) is 4.98 Å². The van der Waals surface area contributed by atoms with Crippen LogP contribution in [-0.2, 0) is 0 Å². The molecule has 0 aliphatic carbocycles. The third kappa shape index (κ3) is 1.25. The van der Waals surface area contributed by atoms with Crippen molar-refractivity contribution in [2.75, 3.05) is 0 Å². The maximum absolute atomic E-state index is 9.49. The number of rotatable bonds is 1. The molecule has 0 fully saturated rings. The molecule has 2 aliphatic heterocycles. The highest BCUT2D eigenvalue weighted by Crippen LogP contribution is 2.28. The van der Waals surface area contributed by atoms with Gasteiger partial charge in [-0.1, -0.05) is 12.1 Å². The Labute approximate surface area is 91.1 Å². The summed E-state index contributed by atoms with van der Waals surface area (Å²) in [5, 5.41) is 17.2. The van der Waals surface area contributed by atoms with E-state index in [0.717, 1.165) is 5.52 Å². The number of nitrogens with zero attached hydrogens (tertiary/aromatic N) is 3. The molecule has 0 bridgehead atoms. The van der Waals surface area contributed by atoms with Gasteiger partial charge in [0, 0.05) is 0 Å². The fourth-order valence-corrected chi connectivity index (χ4v) is 1.61. The van der Waals surface area contributed by atoms with E-state index in [-0.39, 0.29) is 0 Å². The lowest BCUT2D eigenvalue weighted by Crippen LogP contribution is -1.93. The molecule has 3 rings (SSSR count). The summed E-state index contributed by atoms with van der Waals surface area (Å²) < 4.78 is 5.63. The van der Waals surface area contributed by atoms with Crippen LogP contribution in [0.4, 0.5) is 0 Å². The minimum atomic E-state index is -0.711.